The van der Waals surface area contributed by atoms with E-state index in [9.17, 15) is 9.59 Å². The Morgan fingerprint density at radius 3 is 2.26 bits per heavy atom. The van der Waals surface area contributed by atoms with Crippen LogP contribution >= 0.6 is 0 Å². The Bertz CT molecular complexity index is 965. The molecule has 1 atom stereocenters. The molecule has 0 heterocycles. The quantitative estimate of drug-likeness (QED) is 0.501. The summed E-state index contributed by atoms with van der Waals surface area (Å²) in [6, 6.07) is 13.1. The summed E-state index contributed by atoms with van der Waals surface area (Å²) in [7, 11) is 0. The van der Waals surface area contributed by atoms with Crippen LogP contribution in [-0.4, -0.2) is 41.5 Å². The summed E-state index contributed by atoms with van der Waals surface area (Å²) < 4.78 is 11.4. The van der Waals surface area contributed by atoms with Crippen molar-refractivity contribution >= 4 is 11.8 Å². The van der Waals surface area contributed by atoms with Crippen LogP contribution in [0.2, 0.25) is 0 Å². The maximum absolute atomic E-state index is 13.4. The van der Waals surface area contributed by atoms with Crippen LogP contribution in [0, 0.1) is 6.92 Å². The minimum absolute atomic E-state index is 0.0633. The van der Waals surface area contributed by atoms with Gasteiger partial charge in [0.2, 0.25) is 11.8 Å². The molecule has 186 valence electrons. The number of ether oxygens (including phenoxy) is 2. The molecule has 0 unspecified atom stereocenters. The van der Waals surface area contributed by atoms with Crippen LogP contribution in [0.25, 0.3) is 0 Å². The molecule has 0 saturated carbocycles. The normalized spacial score (nSPS) is 12.1. The minimum Gasteiger partial charge on any atom is -0.490 e. The van der Waals surface area contributed by atoms with E-state index in [1.807, 2.05) is 84.0 Å². The first-order chi connectivity index (χ1) is 16.1. The predicted octanol–water partition coefficient (Wildman–Crippen LogP) is 5.06. The Kier molecular flexibility index (Phi) is 9.97. The number of benzene rings is 2. The van der Waals surface area contributed by atoms with Gasteiger partial charge >= 0.3 is 0 Å². The molecule has 2 aromatic rings. The minimum atomic E-state index is -0.592. The molecular weight excluding hydrogens is 428 g/mol. The van der Waals surface area contributed by atoms with Crippen LogP contribution in [-0.2, 0) is 22.6 Å². The average Bonchev–Trinajstić information content (AvgIpc) is 2.77. The molecule has 0 aliphatic heterocycles. The highest BCUT2D eigenvalue weighted by Gasteiger charge is 2.28. The number of nitrogens with zero attached hydrogens (tertiary/aromatic N) is 1. The Balaban J connectivity index is 2.21. The molecule has 6 heteroatoms. The zero-order valence-electron chi connectivity index (χ0n) is 21.7. The highest BCUT2D eigenvalue weighted by atomic mass is 16.5. The fraction of sp³-hybridized carbons (Fsp3) is 0.500. The number of carbonyl (C=O) groups excluding carboxylic acids is 2. The number of carbonyl (C=O) groups is 2. The second-order valence-corrected chi connectivity index (χ2v) is 9.51. The first-order valence-electron chi connectivity index (χ1n) is 12.1. The Morgan fingerprint density at radius 1 is 1.00 bits per heavy atom. The number of nitrogens with one attached hydrogen (secondary N) is 1. The van der Waals surface area contributed by atoms with Gasteiger partial charge in [-0.15, -0.1) is 0 Å². The zero-order valence-corrected chi connectivity index (χ0v) is 21.7. The predicted molar refractivity (Wildman–Crippen MR) is 136 cm³/mol. The molecule has 34 heavy (non-hydrogen) atoms. The Morgan fingerprint density at radius 2 is 1.65 bits per heavy atom. The van der Waals surface area contributed by atoms with Crippen LogP contribution in [0.1, 0.15) is 64.7 Å². The first-order valence-corrected chi connectivity index (χ1v) is 12.1. The lowest BCUT2D eigenvalue weighted by Crippen LogP contribution is -2.52. The molecule has 1 N–H and O–H groups in total. The lowest BCUT2D eigenvalue weighted by atomic mass is 10.0. The third-order valence-corrected chi connectivity index (χ3v) is 5.50. The summed E-state index contributed by atoms with van der Waals surface area (Å²) in [5.41, 5.74) is 2.74. The van der Waals surface area contributed by atoms with Crippen molar-refractivity contribution in [1.29, 1.82) is 0 Å². The van der Waals surface area contributed by atoms with Crippen molar-refractivity contribution in [3.8, 4) is 11.5 Å². The fourth-order valence-corrected chi connectivity index (χ4v) is 3.67. The van der Waals surface area contributed by atoms with Crippen molar-refractivity contribution in [3.05, 3.63) is 59.2 Å². The van der Waals surface area contributed by atoms with Gasteiger partial charge in [0, 0.05) is 18.5 Å². The van der Waals surface area contributed by atoms with Gasteiger partial charge in [-0.25, -0.2) is 0 Å². The molecule has 0 fully saturated rings. The second kappa shape index (κ2) is 12.4. The van der Waals surface area contributed by atoms with Gasteiger partial charge in [0.05, 0.1) is 13.2 Å². The topological polar surface area (TPSA) is 67.9 Å². The van der Waals surface area contributed by atoms with Crippen LogP contribution in [0.4, 0.5) is 0 Å². The second-order valence-electron chi connectivity index (χ2n) is 9.51. The van der Waals surface area contributed by atoms with Gasteiger partial charge in [-0.2, -0.15) is 0 Å². The SMILES string of the molecule is CCOc1ccc(CCC(=O)N(Cc2ccccc2C)[C@@H](C)C(=O)NC(C)(C)C)cc1OCC. The summed E-state index contributed by atoms with van der Waals surface area (Å²) in [5, 5.41) is 3.00. The lowest BCUT2D eigenvalue weighted by molar-refractivity contribution is -0.141. The van der Waals surface area contributed by atoms with E-state index < -0.39 is 6.04 Å². The Labute approximate surface area is 204 Å². The summed E-state index contributed by atoms with van der Waals surface area (Å²) in [6.45, 7) is 15.0. The number of hydrogen-bond acceptors (Lipinski definition) is 4. The third kappa shape index (κ3) is 8.08. The maximum Gasteiger partial charge on any atom is 0.242 e. The lowest BCUT2D eigenvalue weighted by Gasteiger charge is -2.32. The molecule has 0 bridgehead atoms. The largest absolute Gasteiger partial charge is 0.490 e. The van der Waals surface area contributed by atoms with Gasteiger partial charge in [-0.3, -0.25) is 9.59 Å². The monoisotopic (exact) mass is 468 g/mol. The van der Waals surface area contributed by atoms with E-state index in [-0.39, 0.29) is 17.4 Å². The molecule has 0 aliphatic carbocycles. The van der Waals surface area contributed by atoms with E-state index in [0.29, 0.717) is 44.1 Å². The van der Waals surface area contributed by atoms with Crippen molar-refractivity contribution in [2.75, 3.05) is 13.2 Å². The van der Waals surface area contributed by atoms with Gasteiger partial charge in [0.15, 0.2) is 11.5 Å². The summed E-state index contributed by atoms with van der Waals surface area (Å²) in [6.07, 6.45) is 0.835. The average molecular weight is 469 g/mol. The molecule has 0 aliphatic rings. The number of amides is 2. The molecule has 0 aromatic heterocycles. The summed E-state index contributed by atoms with van der Waals surface area (Å²) in [5.74, 6) is 1.16. The van der Waals surface area contributed by atoms with E-state index in [1.165, 1.54) is 0 Å². The highest BCUT2D eigenvalue weighted by molar-refractivity contribution is 5.87. The molecule has 2 rings (SSSR count). The Hall–Kier alpha value is -3.02. The summed E-state index contributed by atoms with van der Waals surface area (Å²) >= 11 is 0. The van der Waals surface area contributed by atoms with Crippen molar-refractivity contribution in [1.82, 2.24) is 10.2 Å². The van der Waals surface area contributed by atoms with Crippen LogP contribution < -0.4 is 14.8 Å². The smallest absolute Gasteiger partial charge is 0.242 e. The van der Waals surface area contributed by atoms with Crippen LogP contribution in [0.15, 0.2) is 42.5 Å². The summed E-state index contributed by atoms with van der Waals surface area (Å²) in [4.78, 5) is 28.0. The first kappa shape index (κ1) is 27.2. The molecular formula is C28H40N2O4. The molecule has 2 aromatic carbocycles. The van der Waals surface area contributed by atoms with Crippen LogP contribution in [0.3, 0.4) is 0 Å². The highest BCUT2D eigenvalue weighted by Crippen LogP contribution is 2.29. The van der Waals surface area contributed by atoms with Crippen LogP contribution in [0.5, 0.6) is 11.5 Å². The fourth-order valence-electron chi connectivity index (χ4n) is 3.67. The molecule has 6 nitrogen and oxygen atoms in total. The van der Waals surface area contributed by atoms with Gasteiger partial charge < -0.3 is 19.7 Å². The van der Waals surface area contributed by atoms with Crippen molar-refractivity contribution in [3.63, 3.8) is 0 Å². The van der Waals surface area contributed by atoms with Crippen molar-refractivity contribution in [2.24, 2.45) is 0 Å². The van der Waals surface area contributed by atoms with E-state index >= 15 is 0 Å². The number of rotatable bonds is 11. The van der Waals surface area contributed by atoms with E-state index in [1.54, 1.807) is 11.8 Å². The third-order valence-electron chi connectivity index (χ3n) is 5.50. The molecule has 0 radical (unpaired) electrons. The maximum atomic E-state index is 13.4. The van der Waals surface area contributed by atoms with E-state index in [0.717, 1.165) is 16.7 Å². The van der Waals surface area contributed by atoms with Crippen molar-refractivity contribution < 1.29 is 19.1 Å². The van der Waals surface area contributed by atoms with E-state index in [2.05, 4.69) is 5.32 Å². The van der Waals surface area contributed by atoms with E-state index in [4.69, 9.17) is 9.47 Å². The standard InChI is InChI=1S/C28H40N2O4/c1-8-33-24-16-14-22(18-25(24)34-9-2)15-17-26(31)30(19-23-13-11-10-12-20(23)3)21(4)27(32)29-28(5,6)7/h10-14,16,18,21H,8-9,15,17,19H2,1-7H3,(H,29,32)/t21-/m0/s1. The van der Waals surface area contributed by atoms with Crippen molar-refractivity contribution in [2.45, 2.75) is 79.4 Å². The molecule has 0 saturated heterocycles. The zero-order chi connectivity index (χ0) is 25.3. The van der Waals surface area contributed by atoms with Gasteiger partial charge in [0.25, 0.3) is 0 Å². The number of aryl methyl sites for hydroxylation is 2. The van der Waals surface area contributed by atoms with Gasteiger partial charge in [-0.1, -0.05) is 30.3 Å². The van der Waals surface area contributed by atoms with Gasteiger partial charge in [0.1, 0.15) is 6.04 Å². The molecule has 2 amide bonds. The molecule has 0 spiro atoms. The van der Waals surface area contributed by atoms with Gasteiger partial charge in [-0.05, 0) is 83.7 Å². The number of hydrogen-bond donors (Lipinski definition) is 1.